The largest absolute Gasteiger partial charge is 0.337 e. The molecule has 1 aromatic rings. The molecule has 0 bridgehead atoms. The monoisotopic (exact) mass is 315 g/mol. The predicted molar refractivity (Wildman–Crippen MR) is 86.5 cm³/mol. The summed E-state index contributed by atoms with van der Waals surface area (Å²) in [4.78, 5) is 14.6. The van der Waals surface area contributed by atoms with Crippen LogP contribution in [0, 0.1) is 18.3 Å². The van der Waals surface area contributed by atoms with Crippen molar-refractivity contribution in [1.82, 2.24) is 20.0 Å². The lowest BCUT2D eigenvalue weighted by molar-refractivity contribution is -0.123. The maximum atomic E-state index is 12.4. The summed E-state index contributed by atoms with van der Waals surface area (Å²) in [6.07, 6.45) is 9.73. The minimum Gasteiger partial charge on any atom is -0.337 e. The minimum atomic E-state index is -0.620. The molecule has 0 radical (unpaired) electrons. The van der Waals surface area contributed by atoms with E-state index in [0.29, 0.717) is 12.6 Å². The standard InChI is InChI=1S/C17H25N5O/c1-14-9-19-22(10-14)11-15-5-4-8-21(15)12-16(23)20-17(13-18)6-2-3-7-17/h9-10,15H,2-8,11-12H2,1H3,(H,20,23)/t15-/m0/s1. The Morgan fingerprint density at radius 1 is 1.48 bits per heavy atom. The van der Waals surface area contributed by atoms with Crippen LogP contribution >= 0.6 is 0 Å². The van der Waals surface area contributed by atoms with E-state index in [2.05, 4.69) is 21.4 Å². The van der Waals surface area contributed by atoms with Gasteiger partial charge < -0.3 is 5.32 Å². The van der Waals surface area contributed by atoms with Gasteiger partial charge in [-0.1, -0.05) is 0 Å². The molecule has 3 rings (SSSR count). The van der Waals surface area contributed by atoms with E-state index in [9.17, 15) is 10.1 Å². The number of hydrogen-bond donors (Lipinski definition) is 1. The second-order valence-electron chi connectivity index (χ2n) is 6.96. The number of hydrogen-bond acceptors (Lipinski definition) is 4. The molecule has 6 nitrogen and oxygen atoms in total. The van der Waals surface area contributed by atoms with E-state index in [0.717, 1.165) is 57.2 Å². The Morgan fingerprint density at radius 3 is 2.91 bits per heavy atom. The molecule has 1 aliphatic carbocycles. The van der Waals surface area contributed by atoms with Crippen LogP contribution in [0.15, 0.2) is 12.4 Å². The van der Waals surface area contributed by atoms with Crippen molar-refractivity contribution in [3.05, 3.63) is 18.0 Å². The lowest BCUT2D eigenvalue weighted by Crippen LogP contribution is -2.50. The Labute approximate surface area is 137 Å². The molecule has 1 amide bonds. The van der Waals surface area contributed by atoms with E-state index < -0.39 is 5.54 Å². The maximum Gasteiger partial charge on any atom is 0.235 e. The first kappa shape index (κ1) is 16.0. The van der Waals surface area contributed by atoms with Crippen LogP contribution in [0.25, 0.3) is 0 Å². The highest BCUT2D eigenvalue weighted by atomic mass is 16.2. The first-order valence-corrected chi connectivity index (χ1v) is 8.56. The normalized spacial score (nSPS) is 23.7. The fourth-order valence-electron chi connectivity index (χ4n) is 3.83. The number of nitriles is 1. The fourth-order valence-corrected chi connectivity index (χ4v) is 3.83. The van der Waals surface area contributed by atoms with E-state index in [1.807, 2.05) is 24.0 Å². The number of nitrogens with one attached hydrogen (secondary N) is 1. The molecule has 1 aromatic heterocycles. The molecule has 1 saturated carbocycles. The van der Waals surface area contributed by atoms with Crippen molar-refractivity contribution < 1.29 is 4.79 Å². The van der Waals surface area contributed by atoms with Crippen LogP contribution in [-0.2, 0) is 11.3 Å². The smallest absolute Gasteiger partial charge is 0.235 e. The number of carbonyl (C=O) groups is 1. The minimum absolute atomic E-state index is 0.0167. The number of likely N-dealkylation sites (tertiary alicyclic amines) is 1. The van der Waals surface area contributed by atoms with E-state index in [4.69, 9.17) is 0 Å². The average Bonchev–Trinajstić information content (AvgIpc) is 3.24. The third-order valence-corrected chi connectivity index (χ3v) is 5.06. The van der Waals surface area contributed by atoms with E-state index >= 15 is 0 Å². The molecule has 1 saturated heterocycles. The van der Waals surface area contributed by atoms with Crippen molar-refractivity contribution in [1.29, 1.82) is 5.26 Å². The predicted octanol–water partition coefficient (Wildman–Crippen LogP) is 1.61. The molecular formula is C17H25N5O. The van der Waals surface area contributed by atoms with Gasteiger partial charge in [0.1, 0.15) is 5.54 Å². The topological polar surface area (TPSA) is 74.0 Å². The van der Waals surface area contributed by atoms with Crippen LogP contribution < -0.4 is 5.32 Å². The third-order valence-electron chi connectivity index (χ3n) is 5.06. The lowest BCUT2D eigenvalue weighted by Gasteiger charge is -2.27. The summed E-state index contributed by atoms with van der Waals surface area (Å²) >= 11 is 0. The highest BCUT2D eigenvalue weighted by Crippen LogP contribution is 2.29. The third kappa shape index (κ3) is 3.73. The van der Waals surface area contributed by atoms with Crippen molar-refractivity contribution in [2.45, 2.75) is 63.6 Å². The Balaban J connectivity index is 1.55. The van der Waals surface area contributed by atoms with E-state index in [1.165, 1.54) is 0 Å². The number of carbonyl (C=O) groups excluding carboxylic acids is 1. The molecule has 1 N–H and O–H groups in total. The van der Waals surface area contributed by atoms with Crippen LogP contribution in [0.3, 0.4) is 0 Å². The van der Waals surface area contributed by atoms with Gasteiger partial charge in [0.2, 0.25) is 5.91 Å². The summed E-state index contributed by atoms with van der Waals surface area (Å²) in [5.41, 5.74) is 0.537. The Hall–Kier alpha value is -1.87. The van der Waals surface area contributed by atoms with Crippen LogP contribution in [-0.4, -0.2) is 45.3 Å². The summed E-state index contributed by atoms with van der Waals surface area (Å²) in [5, 5.41) is 16.7. The van der Waals surface area contributed by atoms with Gasteiger partial charge in [0.15, 0.2) is 0 Å². The first-order valence-electron chi connectivity index (χ1n) is 8.56. The summed E-state index contributed by atoms with van der Waals surface area (Å²) in [5.74, 6) is -0.0167. The second kappa shape index (κ2) is 6.71. The number of rotatable bonds is 5. The molecular weight excluding hydrogens is 290 g/mol. The number of nitrogens with zero attached hydrogens (tertiary/aromatic N) is 4. The van der Waals surface area contributed by atoms with Crippen LogP contribution in [0.5, 0.6) is 0 Å². The van der Waals surface area contributed by atoms with Gasteiger partial charge in [-0.3, -0.25) is 14.4 Å². The molecule has 2 heterocycles. The number of aryl methyl sites for hydroxylation is 1. The molecule has 0 unspecified atom stereocenters. The summed E-state index contributed by atoms with van der Waals surface area (Å²) in [7, 11) is 0. The Kier molecular flexibility index (Phi) is 4.67. The van der Waals surface area contributed by atoms with Gasteiger partial charge in [0.25, 0.3) is 0 Å². The quantitative estimate of drug-likeness (QED) is 0.896. The van der Waals surface area contributed by atoms with Gasteiger partial charge in [-0.2, -0.15) is 10.4 Å². The summed E-state index contributed by atoms with van der Waals surface area (Å²) in [6.45, 7) is 4.18. The van der Waals surface area contributed by atoms with Crippen LogP contribution in [0.4, 0.5) is 0 Å². The molecule has 0 aromatic carbocycles. The van der Waals surface area contributed by atoms with Crippen LogP contribution in [0.1, 0.15) is 44.1 Å². The molecule has 124 valence electrons. The molecule has 6 heteroatoms. The van der Waals surface area contributed by atoms with Crippen molar-refractivity contribution >= 4 is 5.91 Å². The maximum absolute atomic E-state index is 12.4. The Morgan fingerprint density at radius 2 is 2.26 bits per heavy atom. The van der Waals surface area contributed by atoms with Gasteiger partial charge in [-0.15, -0.1) is 0 Å². The van der Waals surface area contributed by atoms with Crippen LogP contribution in [0.2, 0.25) is 0 Å². The molecule has 0 spiro atoms. The molecule has 1 atom stereocenters. The fraction of sp³-hybridized carbons (Fsp3) is 0.706. The molecule has 2 aliphatic rings. The van der Waals surface area contributed by atoms with Gasteiger partial charge in [-0.25, -0.2) is 0 Å². The highest BCUT2D eigenvalue weighted by molar-refractivity contribution is 5.79. The summed E-state index contributed by atoms with van der Waals surface area (Å²) in [6, 6.07) is 2.67. The van der Waals surface area contributed by atoms with Gasteiger partial charge >= 0.3 is 0 Å². The van der Waals surface area contributed by atoms with Gasteiger partial charge in [-0.05, 0) is 57.6 Å². The molecule has 1 aliphatic heterocycles. The zero-order valence-corrected chi connectivity index (χ0v) is 13.8. The Bertz CT molecular complexity index is 596. The highest BCUT2D eigenvalue weighted by Gasteiger charge is 2.36. The van der Waals surface area contributed by atoms with E-state index in [-0.39, 0.29) is 5.91 Å². The lowest BCUT2D eigenvalue weighted by atomic mass is 10.00. The second-order valence-corrected chi connectivity index (χ2v) is 6.96. The van der Waals surface area contributed by atoms with Crippen molar-refractivity contribution in [3.8, 4) is 6.07 Å². The molecule has 2 fully saturated rings. The van der Waals surface area contributed by atoms with Crippen molar-refractivity contribution in [3.63, 3.8) is 0 Å². The zero-order valence-electron chi connectivity index (χ0n) is 13.8. The first-order chi connectivity index (χ1) is 11.1. The number of amides is 1. The van der Waals surface area contributed by atoms with E-state index in [1.54, 1.807) is 0 Å². The number of aromatic nitrogens is 2. The molecule has 23 heavy (non-hydrogen) atoms. The average molecular weight is 315 g/mol. The zero-order chi connectivity index (χ0) is 16.3. The van der Waals surface area contributed by atoms with Gasteiger partial charge in [0.05, 0.1) is 25.4 Å². The van der Waals surface area contributed by atoms with Crippen molar-refractivity contribution in [2.24, 2.45) is 0 Å². The SMILES string of the molecule is Cc1cnn(C[C@@H]2CCCN2CC(=O)NC2(C#N)CCCC2)c1. The van der Waals surface area contributed by atoms with Gasteiger partial charge in [0, 0.05) is 12.2 Å². The summed E-state index contributed by atoms with van der Waals surface area (Å²) < 4.78 is 1.96. The van der Waals surface area contributed by atoms with Crippen molar-refractivity contribution in [2.75, 3.05) is 13.1 Å².